The number of carbonyl (C=O) groups is 2. The van der Waals surface area contributed by atoms with Crippen molar-refractivity contribution in [3.8, 4) is 0 Å². The number of guanidine groups is 1. The molecule has 12 N–H and O–H groups in total. The summed E-state index contributed by atoms with van der Waals surface area (Å²) in [6, 6.07) is -0.488. The fourth-order valence-corrected chi connectivity index (χ4v) is 11.6. The number of carboxylic acid groups (broad SMARTS) is 1. The van der Waals surface area contributed by atoms with Crippen molar-refractivity contribution in [2.24, 2.45) is 28.5 Å². The van der Waals surface area contributed by atoms with Crippen molar-refractivity contribution in [2.45, 2.75) is 113 Å². The van der Waals surface area contributed by atoms with Crippen LogP contribution in [0.25, 0.3) is 0 Å². The summed E-state index contributed by atoms with van der Waals surface area (Å²) in [5, 5.41) is 89.9. The number of aliphatic hydroxyl groups excluding tert-OH is 5. The predicted octanol–water partition coefficient (Wildman–Crippen LogP) is -0.103. The summed E-state index contributed by atoms with van der Waals surface area (Å²) in [5.41, 5.74) is 7.83. The van der Waals surface area contributed by atoms with Crippen LogP contribution in [0.1, 0.15) is 57.8 Å². The molecule has 22 heteroatoms. The van der Waals surface area contributed by atoms with E-state index in [2.05, 4.69) is 15.6 Å². The van der Waals surface area contributed by atoms with Gasteiger partial charge in [0.25, 0.3) is 0 Å². The monoisotopic (exact) mass is 955 g/mol. The van der Waals surface area contributed by atoms with Crippen molar-refractivity contribution < 1.29 is 74.1 Å². The Morgan fingerprint density at radius 2 is 1.86 bits per heavy atom. The smallest absolute Gasteiger partial charge is 0.339 e. The van der Waals surface area contributed by atoms with Crippen LogP contribution in [-0.2, 0) is 33.3 Å². The molecular formula is C43H65N5O15S2. The highest BCUT2D eigenvalue weighted by Gasteiger charge is 2.58. The molecular weight excluding hydrogens is 891 g/mol. The van der Waals surface area contributed by atoms with Gasteiger partial charge in [-0.25, -0.2) is 9.59 Å². The topological polar surface area (TPSA) is 308 Å². The highest BCUT2D eigenvalue weighted by Crippen LogP contribution is 2.42. The first-order valence-corrected chi connectivity index (χ1v) is 24.7. The van der Waals surface area contributed by atoms with Crippen LogP contribution in [0.2, 0.25) is 0 Å². The predicted molar refractivity (Wildman–Crippen MR) is 239 cm³/mol. The van der Waals surface area contributed by atoms with Gasteiger partial charge in [0.1, 0.15) is 24.5 Å². The Hall–Kier alpha value is -3.23. The molecule has 3 fully saturated rings. The number of likely N-dealkylation sites (N-methyl/N-ethyl adjacent to an activating group) is 1. The van der Waals surface area contributed by atoms with Crippen molar-refractivity contribution >= 4 is 39.5 Å². The van der Waals surface area contributed by atoms with E-state index in [1.54, 1.807) is 38.6 Å². The van der Waals surface area contributed by atoms with Crippen LogP contribution < -0.4 is 16.4 Å². The minimum absolute atomic E-state index is 0.0567. The molecule has 1 saturated heterocycles. The number of rotatable bonds is 14. The van der Waals surface area contributed by atoms with Gasteiger partial charge in [-0.15, -0.1) is 0 Å². The number of hydrogen-bond donors (Lipinski definition) is 11. The lowest BCUT2D eigenvalue weighted by Gasteiger charge is -2.48. The lowest BCUT2D eigenvalue weighted by molar-refractivity contribution is -0.416. The van der Waals surface area contributed by atoms with Gasteiger partial charge in [0.2, 0.25) is 12.1 Å². The Balaban J connectivity index is 1.50. The fraction of sp³-hybridized carbons (Fsp3) is 0.698. The third-order valence-corrected chi connectivity index (χ3v) is 15.1. The molecule has 0 amide bonds. The molecule has 0 aromatic rings. The number of carboxylic acids is 1. The fourth-order valence-electron chi connectivity index (χ4n) is 8.87. The van der Waals surface area contributed by atoms with Crippen LogP contribution in [0.15, 0.2) is 63.7 Å². The molecule has 4 aliphatic heterocycles. The molecule has 0 aromatic heterocycles. The van der Waals surface area contributed by atoms with Gasteiger partial charge >= 0.3 is 11.9 Å². The van der Waals surface area contributed by atoms with Crippen LogP contribution in [0.3, 0.4) is 0 Å². The van der Waals surface area contributed by atoms with E-state index >= 15 is 0 Å². The van der Waals surface area contributed by atoms with Crippen molar-refractivity contribution in [3.63, 3.8) is 0 Å². The quantitative estimate of drug-likeness (QED) is 0.0206. The molecule has 364 valence electrons. The summed E-state index contributed by atoms with van der Waals surface area (Å²) in [4.78, 5) is 33.6. The van der Waals surface area contributed by atoms with Gasteiger partial charge in [-0.1, -0.05) is 51.8 Å². The number of aliphatic imine (C=N–C) groups is 1. The maximum Gasteiger partial charge on any atom is 0.339 e. The molecule has 4 heterocycles. The summed E-state index contributed by atoms with van der Waals surface area (Å²) >= 11 is 0. The van der Waals surface area contributed by atoms with Gasteiger partial charge in [-0.05, 0) is 64.0 Å². The zero-order valence-corrected chi connectivity index (χ0v) is 38.1. The largest absolute Gasteiger partial charge is 0.478 e. The first-order valence-electron chi connectivity index (χ1n) is 22.2. The molecule has 6 rings (SSSR count). The van der Waals surface area contributed by atoms with Crippen LogP contribution in [0.5, 0.6) is 0 Å². The Labute approximate surface area is 386 Å². The van der Waals surface area contributed by atoms with E-state index in [0.717, 1.165) is 50.5 Å². The van der Waals surface area contributed by atoms with Gasteiger partial charge in [0.05, 0.1) is 54.9 Å². The maximum atomic E-state index is 14.6. The van der Waals surface area contributed by atoms with Crippen molar-refractivity contribution in [3.05, 3.63) is 58.7 Å². The third-order valence-electron chi connectivity index (χ3n) is 12.6. The zero-order valence-electron chi connectivity index (χ0n) is 36.5. The number of carbonyl (C=O) groups excluding carboxylic acids is 1. The lowest BCUT2D eigenvalue weighted by Crippen LogP contribution is -2.69. The number of nitrogens with zero attached hydrogens (tertiary/aromatic N) is 2. The second kappa shape index (κ2) is 24.2. The first-order chi connectivity index (χ1) is 31.3. The minimum Gasteiger partial charge on any atom is -0.478 e. The molecule has 11 atom stereocenters. The number of nitrogens with one attached hydrogen (secondary N) is 2. The molecule has 20 nitrogen and oxygen atoms in total. The van der Waals surface area contributed by atoms with E-state index in [0.29, 0.717) is 29.9 Å². The summed E-state index contributed by atoms with van der Waals surface area (Å²) in [6.45, 7) is -1.58. The number of allylic oxidation sites excluding steroid dienone is 2. The molecule has 0 aromatic carbocycles. The first kappa shape index (κ1) is 51.2. The van der Waals surface area contributed by atoms with Crippen LogP contribution in [0, 0.1) is 17.8 Å². The molecule has 11 unspecified atom stereocenters. The second-order valence-electron chi connectivity index (χ2n) is 17.0. The average Bonchev–Trinajstić information content (AvgIpc) is 3.74. The number of fused-ring (bicyclic) bond motifs is 4. The van der Waals surface area contributed by atoms with E-state index in [1.807, 2.05) is 6.08 Å². The zero-order chi connectivity index (χ0) is 46.7. The standard InChI is InChI=1S/C43H65N5O15S2/c1-45-34(20-52)62-37-41(61-33(19-51)36(53)43(37,57)58)63-40-29(15-24-7-3-2-4-8-24)28-12-11-25-16-48(17-30(38(54)55)35(25)47-42(44)46-13-6-14-49)27(18-50)23-65-64-22-26-9-5-10-32(26)60-39(56)31(28)21-59-40/h11-12,15,17,21,26-29,32-34,36-37,40-41,45,49-53,57-58H,2-10,13-14,16,18-20,22-23H2,1H3,(H,54,55)(H3,44,46,47). The third kappa shape index (κ3) is 12.7. The normalized spacial score (nSPS) is 32.9. The Morgan fingerprint density at radius 1 is 1.09 bits per heavy atom. The van der Waals surface area contributed by atoms with Gasteiger partial charge in [-0.2, -0.15) is 0 Å². The van der Waals surface area contributed by atoms with Gasteiger partial charge in [0, 0.05) is 49.2 Å². The van der Waals surface area contributed by atoms with Crippen LogP contribution in [-0.4, -0.2) is 177 Å². The summed E-state index contributed by atoms with van der Waals surface area (Å²) < 4.78 is 30.8. The number of ether oxygens (including phenoxy) is 5. The number of esters is 1. The summed E-state index contributed by atoms with van der Waals surface area (Å²) in [7, 11) is 4.61. The van der Waals surface area contributed by atoms with Crippen molar-refractivity contribution in [1.29, 1.82) is 0 Å². The Morgan fingerprint density at radius 3 is 2.55 bits per heavy atom. The average molecular weight is 956 g/mol. The van der Waals surface area contributed by atoms with Crippen molar-refractivity contribution in [1.82, 2.24) is 15.5 Å². The minimum atomic E-state index is -3.07. The molecule has 2 bridgehead atoms. The molecule has 0 radical (unpaired) electrons. The van der Waals surface area contributed by atoms with Crippen LogP contribution in [0.4, 0.5) is 0 Å². The second-order valence-corrected chi connectivity index (χ2v) is 19.5. The van der Waals surface area contributed by atoms with E-state index in [-0.39, 0.29) is 61.1 Å². The highest BCUT2D eigenvalue weighted by molar-refractivity contribution is 8.76. The summed E-state index contributed by atoms with van der Waals surface area (Å²) in [6.07, 6.45) is 4.94. The molecule has 65 heavy (non-hydrogen) atoms. The Bertz CT molecular complexity index is 1820. The summed E-state index contributed by atoms with van der Waals surface area (Å²) in [5.74, 6) is -5.66. The molecule has 6 aliphatic rings. The SMILES string of the molecule is CNC(CO)OC1C(OC2OC=C3C(=O)OC4CCCC4CSSCC(CO)N4C=C(C(=O)O)C(NC(N)=NCCCO)=C(C=CC3C2C=C2CCCCC2)C4)OC(CO)C(O)C1(O)O. The van der Waals surface area contributed by atoms with Gasteiger partial charge in [0.15, 0.2) is 18.4 Å². The number of aliphatic hydroxyl groups is 7. The Kier molecular flexibility index (Phi) is 19.0. The molecule has 2 aliphatic carbocycles. The van der Waals surface area contributed by atoms with Gasteiger partial charge < -0.3 is 80.5 Å². The molecule has 2 saturated carbocycles. The number of nitrogens with two attached hydrogens (primary N) is 1. The maximum absolute atomic E-state index is 14.6. The number of aliphatic carboxylic acids is 1. The molecule has 0 spiro atoms. The lowest BCUT2D eigenvalue weighted by atomic mass is 9.80. The van der Waals surface area contributed by atoms with E-state index in [1.165, 1.54) is 19.5 Å². The van der Waals surface area contributed by atoms with Crippen molar-refractivity contribution in [2.75, 3.05) is 58.1 Å². The van der Waals surface area contributed by atoms with E-state index in [9.17, 15) is 50.4 Å². The number of hydrogen-bond acceptors (Lipinski definition) is 19. The highest BCUT2D eigenvalue weighted by atomic mass is 33.1. The van der Waals surface area contributed by atoms with Crippen LogP contribution >= 0.6 is 21.6 Å². The van der Waals surface area contributed by atoms with E-state index in [4.69, 9.17) is 29.4 Å². The van der Waals surface area contributed by atoms with E-state index < -0.39 is 85.9 Å². The van der Waals surface area contributed by atoms with Gasteiger partial charge in [-0.3, -0.25) is 10.3 Å².